The molecule has 17 aromatic rings. The van der Waals surface area contributed by atoms with E-state index in [0.717, 1.165) is 133 Å². The van der Waals surface area contributed by atoms with E-state index in [9.17, 15) is 10.5 Å². The van der Waals surface area contributed by atoms with Crippen molar-refractivity contribution in [1.29, 1.82) is 10.5 Å². The van der Waals surface area contributed by atoms with Crippen LogP contribution in [0.5, 0.6) is 0 Å². The van der Waals surface area contributed by atoms with E-state index in [1.54, 1.807) is 0 Å². The molecule has 0 aliphatic carbocycles. The first-order chi connectivity index (χ1) is 47.4. The van der Waals surface area contributed by atoms with Crippen LogP contribution in [0.3, 0.4) is 0 Å². The highest BCUT2D eigenvalue weighted by Gasteiger charge is 2.22. The second-order valence-electron chi connectivity index (χ2n) is 23.7. The second kappa shape index (κ2) is 23.9. The van der Waals surface area contributed by atoms with Crippen LogP contribution in [0.2, 0.25) is 0 Å². The molecule has 0 saturated heterocycles. The molecule has 0 bridgehead atoms. The first kappa shape index (κ1) is 56.4. The normalized spacial score (nSPS) is 11.3. The van der Waals surface area contributed by atoms with E-state index in [2.05, 4.69) is 167 Å². The van der Waals surface area contributed by atoms with E-state index in [1.807, 2.05) is 170 Å². The molecule has 4 aromatic heterocycles. The standard InChI is InChI=1S/C86H52N10/c87-53-55-32-36-57(37-33-55)65-40-42-79-75(51-65)73-28-13-15-30-77(73)95(79)71-47-67(45-69(49-71)85-91-81(59-18-5-1-6-19-59)89-82(92-85)60-20-7-2-8-21-60)63-26-17-27-64(44-63)68-46-70(86-93-83(61-22-9-3-10-23-61)90-84(94-86)62-24-11-4-12-25-62)50-72(48-68)96-78-31-16-14-29-74(78)76-52-66(41-43-80(76)96)58-38-34-56(54-88)35-39-58/h1-52H. The van der Waals surface area contributed by atoms with Gasteiger partial charge in [0.2, 0.25) is 0 Å². The third-order valence-corrected chi connectivity index (χ3v) is 17.8. The van der Waals surface area contributed by atoms with Crippen molar-refractivity contribution in [1.82, 2.24) is 39.0 Å². The molecule has 0 atom stereocenters. The van der Waals surface area contributed by atoms with E-state index in [-0.39, 0.29) is 0 Å². The maximum Gasteiger partial charge on any atom is 0.164 e. The molecule has 96 heavy (non-hydrogen) atoms. The average molecular weight is 1230 g/mol. The minimum atomic E-state index is 0.528. The van der Waals surface area contributed by atoms with Gasteiger partial charge in [-0.3, -0.25) is 0 Å². The van der Waals surface area contributed by atoms with Gasteiger partial charge in [0, 0.05) is 66.3 Å². The highest BCUT2D eigenvalue weighted by molar-refractivity contribution is 6.12. The zero-order valence-corrected chi connectivity index (χ0v) is 51.5. The molecule has 0 spiro atoms. The minimum Gasteiger partial charge on any atom is -0.309 e. The number of hydrogen-bond acceptors (Lipinski definition) is 8. The van der Waals surface area contributed by atoms with Crippen LogP contribution < -0.4 is 0 Å². The lowest BCUT2D eigenvalue weighted by molar-refractivity contribution is 1.07. The van der Waals surface area contributed by atoms with Gasteiger partial charge < -0.3 is 9.13 Å². The molecule has 10 nitrogen and oxygen atoms in total. The molecule has 4 heterocycles. The lowest BCUT2D eigenvalue weighted by Crippen LogP contribution is -2.02. The quantitative estimate of drug-likeness (QED) is 0.118. The number of benzene rings is 13. The topological polar surface area (TPSA) is 135 Å². The van der Waals surface area contributed by atoms with Crippen molar-refractivity contribution in [2.24, 2.45) is 0 Å². The Labute approximate surface area is 553 Å². The molecular weight excluding hydrogens is 1170 g/mol. The summed E-state index contributed by atoms with van der Waals surface area (Å²) in [7, 11) is 0. The molecular formula is C86H52N10. The summed E-state index contributed by atoms with van der Waals surface area (Å²) in [6.45, 7) is 0. The van der Waals surface area contributed by atoms with E-state index < -0.39 is 0 Å². The van der Waals surface area contributed by atoms with Crippen molar-refractivity contribution < 1.29 is 0 Å². The number of para-hydroxylation sites is 2. The van der Waals surface area contributed by atoms with Gasteiger partial charge in [0.1, 0.15) is 0 Å². The zero-order chi connectivity index (χ0) is 64.1. The predicted octanol–water partition coefficient (Wildman–Crippen LogP) is 20.7. The third kappa shape index (κ3) is 10.5. The Morgan fingerprint density at radius 3 is 0.823 bits per heavy atom. The molecule has 10 heteroatoms. The van der Waals surface area contributed by atoms with E-state index in [0.29, 0.717) is 46.1 Å². The molecule has 0 fully saturated rings. The zero-order valence-electron chi connectivity index (χ0n) is 51.5. The van der Waals surface area contributed by atoms with Gasteiger partial charge in [0.05, 0.1) is 45.3 Å². The summed E-state index contributed by atoms with van der Waals surface area (Å²) >= 11 is 0. The van der Waals surface area contributed by atoms with Crippen LogP contribution in [-0.2, 0) is 0 Å². The number of nitriles is 2. The molecule has 446 valence electrons. The Kier molecular flexibility index (Phi) is 14.1. The Morgan fingerprint density at radius 1 is 0.198 bits per heavy atom. The average Bonchev–Trinajstić information content (AvgIpc) is 1.58. The SMILES string of the molecule is N#Cc1ccc(-c2ccc3c(c2)c2ccccc2n3-c2cc(-c3cccc(-c4cc(-c5nc(-c6ccccc6)nc(-c6ccccc6)n5)cc(-n5c6ccccc6c6cc(-c7ccc(C#N)cc7)ccc65)c4)c3)cc(-c3nc(-c4ccccc4)nc(-c4ccccc4)n3)c2)cc1. The lowest BCUT2D eigenvalue weighted by atomic mass is 9.95. The van der Waals surface area contributed by atoms with Crippen LogP contribution in [0.1, 0.15) is 11.1 Å². The van der Waals surface area contributed by atoms with Crippen molar-refractivity contribution in [2.75, 3.05) is 0 Å². The van der Waals surface area contributed by atoms with Gasteiger partial charge in [-0.2, -0.15) is 10.5 Å². The lowest BCUT2D eigenvalue weighted by Gasteiger charge is -2.16. The van der Waals surface area contributed by atoms with Gasteiger partial charge in [0.25, 0.3) is 0 Å². The van der Waals surface area contributed by atoms with Crippen LogP contribution in [0, 0.1) is 22.7 Å². The summed E-state index contributed by atoms with van der Waals surface area (Å²) in [6.07, 6.45) is 0. The first-order valence-electron chi connectivity index (χ1n) is 31.7. The summed E-state index contributed by atoms with van der Waals surface area (Å²) < 4.78 is 4.69. The van der Waals surface area contributed by atoms with Gasteiger partial charge >= 0.3 is 0 Å². The number of rotatable bonds is 12. The molecule has 13 aromatic carbocycles. The molecule has 0 unspecified atom stereocenters. The second-order valence-corrected chi connectivity index (χ2v) is 23.7. The molecule has 0 saturated carbocycles. The van der Waals surface area contributed by atoms with Crippen LogP contribution in [0.25, 0.3) is 168 Å². The summed E-state index contributed by atoms with van der Waals surface area (Å²) in [5.74, 6) is 3.32. The molecule has 0 aliphatic heterocycles. The van der Waals surface area contributed by atoms with Crippen molar-refractivity contribution in [3.05, 3.63) is 327 Å². The summed E-state index contributed by atoms with van der Waals surface area (Å²) in [5.41, 5.74) is 20.3. The van der Waals surface area contributed by atoms with Crippen molar-refractivity contribution in [3.63, 3.8) is 0 Å². The molecule has 0 N–H and O–H groups in total. The number of aromatic nitrogens is 8. The summed E-state index contributed by atoms with van der Waals surface area (Å²) in [4.78, 5) is 31.5. The van der Waals surface area contributed by atoms with Gasteiger partial charge in [-0.25, -0.2) is 29.9 Å². The predicted molar refractivity (Wildman–Crippen MR) is 386 cm³/mol. The smallest absolute Gasteiger partial charge is 0.164 e. The number of hydrogen-bond donors (Lipinski definition) is 0. The van der Waals surface area contributed by atoms with Gasteiger partial charge in [-0.1, -0.05) is 212 Å². The van der Waals surface area contributed by atoms with Crippen LogP contribution in [0.15, 0.2) is 315 Å². The minimum absolute atomic E-state index is 0.528. The largest absolute Gasteiger partial charge is 0.309 e. The van der Waals surface area contributed by atoms with Crippen LogP contribution >= 0.6 is 0 Å². The highest BCUT2D eigenvalue weighted by atomic mass is 15.1. The highest BCUT2D eigenvalue weighted by Crippen LogP contribution is 2.42. The monoisotopic (exact) mass is 1220 g/mol. The van der Waals surface area contributed by atoms with Gasteiger partial charge in [-0.05, 0) is 148 Å². The van der Waals surface area contributed by atoms with E-state index in [1.165, 1.54) is 0 Å². The number of fused-ring (bicyclic) bond motifs is 6. The van der Waals surface area contributed by atoms with Gasteiger partial charge in [-0.15, -0.1) is 0 Å². The fourth-order valence-electron chi connectivity index (χ4n) is 13.2. The Bertz CT molecular complexity index is 5470. The van der Waals surface area contributed by atoms with Crippen molar-refractivity contribution >= 4 is 43.6 Å². The van der Waals surface area contributed by atoms with Gasteiger partial charge in [0.15, 0.2) is 34.9 Å². The van der Waals surface area contributed by atoms with Crippen LogP contribution in [-0.4, -0.2) is 39.0 Å². The maximum atomic E-state index is 9.64. The molecule has 0 amide bonds. The first-order valence-corrected chi connectivity index (χ1v) is 31.7. The van der Waals surface area contributed by atoms with Crippen LogP contribution in [0.4, 0.5) is 0 Å². The summed E-state index contributed by atoms with van der Waals surface area (Å²) in [6, 6.07) is 113. The number of nitrogens with zero attached hydrogens (tertiary/aromatic N) is 10. The Balaban J connectivity index is 0.887. The maximum absolute atomic E-state index is 9.64. The molecule has 0 aliphatic rings. The fraction of sp³-hybridized carbons (Fsp3) is 0. The van der Waals surface area contributed by atoms with E-state index in [4.69, 9.17) is 29.9 Å². The summed E-state index contributed by atoms with van der Waals surface area (Å²) in [5, 5.41) is 23.7. The van der Waals surface area contributed by atoms with Crippen molar-refractivity contribution in [3.8, 4) is 136 Å². The third-order valence-electron chi connectivity index (χ3n) is 17.8. The van der Waals surface area contributed by atoms with E-state index >= 15 is 0 Å². The fourth-order valence-corrected chi connectivity index (χ4v) is 13.2. The van der Waals surface area contributed by atoms with Crippen molar-refractivity contribution in [2.45, 2.75) is 0 Å². The molecule has 0 radical (unpaired) electrons. The Morgan fingerprint density at radius 2 is 0.469 bits per heavy atom. The Hall–Kier alpha value is -13.5. The molecule has 17 rings (SSSR count).